The number of anilines is 1. The van der Waals surface area contributed by atoms with Gasteiger partial charge in [0.1, 0.15) is 23.0 Å². The van der Waals surface area contributed by atoms with E-state index in [0.717, 1.165) is 5.56 Å². The van der Waals surface area contributed by atoms with Crippen LogP contribution in [0.5, 0.6) is 11.5 Å². The van der Waals surface area contributed by atoms with E-state index in [2.05, 4.69) is 15.6 Å². The van der Waals surface area contributed by atoms with Crippen molar-refractivity contribution >= 4 is 17.5 Å². The van der Waals surface area contributed by atoms with Crippen molar-refractivity contribution in [2.24, 2.45) is 0 Å². The van der Waals surface area contributed by atoms with E-state index in [1.165, 1.54) is 12.3 Å². The number of Topliss-reactive ketones (excluding diaryl/α,β-unsaturated/α-hetero) is 1. The summed E-state index contributed by atoms with van der Waals surface area (Å²) in [4.78, 5) is 27.9. The van der Waals surface area contributed by atoms with Gasteiger partial charge in [0.15, 0.2) is 5.78 Å². The normalized spacial score (nSPS) is 10.4. The first-order valence-electron chi connectivity index (χ1n) is 9.52. The Bertz CT molecular complexity index is 1050. The topological polar surface area (TPSA) is 80.3 Å². The maximum Gasteiger partial charge on any atom is 0.319 e. The number of rotatable bonds is 7. The summed E-state index contributed by atoms with van der Waals surface area (Å²) >= 11 is 0. The van der Waals surface area contributed by atoms with Gasteiger partial charge in [-0.3, -0.25) is 9.78 Å². The van der Waals surface area contributed by atoms with Crippen LogP contribution in [0.25, 0.3) is 0 Å². The summed E-state index contributed by atoms with van der Waals surface area (Å²) in [5.41, 5.74) is 2.05. The van der Waals surface area contributed by atoms with Gasteiger partial charge in [0.05, 0.1) is 0 Å². The molecule has 0 bridgehead atoms. The molecule has 0 aliphatic heterocycles. The Balaban J connectivity index is 1.55. The van der Waals surface area contributed by atoms with Crippen LogP contribution in [-0.4, -0.2) is 16.8 Å². The van der Waals surface area contributed by atoms with Crippen molar-refractivity contribution < 1.29 is 18.7 Å². The predicted octanol–water partition coefficient (Wildman–Crippen LogP) is 5.24. The van der Waals surface area contributed by atoms with Gasteiger partial charge in [-0.1, -0.05) is 25.1 Å². The molecule has 0 spiro atoms. The SMILES string of the molecule is CCC(=O)c1cc(Oc2ccc(CNC(=O)Nc3cccc(F)c3C)cc2)ccn1. The number of ether oxygens (including phenoxy) is 1. The molecule has 30 heavy (non-hydrogen) atoms. The van der Waals surface area contributed by atoms with Crippen molar-refractivity contribution in [1.29, 1.82) is 0 Å². The molecule has 0 radical (unpaired) electrons. The Hall–Kier alpha value is -3.74. The van der Waals surface area contributed by atoms with Crippen LogP contribution in [0.3, 0.4) is 0 Å². The Labute approximate surface area is 174 Å². The van der Waals surface area contributed by atoms with Gasteiger partial charge in [-0.25, -0.2) is 9.18 Å². The van der Waals surface area contributed by atoms with Gasteiger partial charge in [-0.05, 0) is 42.8 Å². The molecule has 2 amide bonds. The van der Waals surface area contributed by atoms with Gasteiger partial charge >= 0.3 is 6.03 Å². The van der Waals surface area contributed by atoms with Gasteiger partial charge in [0.2, 0.25) is 0 Å². The van der Waals surface area contributed by atoms with Crippen LogP contribution in [0.1, 0.15) is 35.0 Å². The minimum atomic E-state index is -0.422. The number of urea groups is 1. The van der Waals surface area contributed by atoms with Gasteiger partial charge in [0, 0.05) is 36.5 Å². The number of pyridine rings is 1. The number of carbonyl (C=O) groups excluding carboxylic acids is 2. The first kappa shape index (κ1) is 21.0. The molecule has 7 heteroatoms. The minimum Gasteiger partial charge on any atom is -0.457 e. The fourth-order valence-electron chi connectivity index (χ4n) is 2.71. The number of ketones is 1. The van der Waals surface area contributed by atoms with Crippen LogP contribution in [0.15, 0.2) is 60.8 Å². The molecule has 3 rings (SSSR count). The van der Waals surface area contributed by atoms with Crippen LogP contribution in [0.2, 0.25) is 0 Å². The third-order valence-electron chi connectivity index (χ3n) is 4.47. The molecule has 6 nitrogen and oxygen atoms in total. The number of halogens is 1. The number of carbonyl (C=O) groups is 2. The van der Waals surface area contributed by atoms with Crippen molar-refractivity contribution in [1.82, 2.24) is 10.3 Å². The number of nitrogens with one attached hydrogen (secondary N) is 2. The molecule has 0 aliphatic rings. The lowest BCUT2D eigenvalue weighted by atomic mass is 10.2. The number of nitrogens with zero attached hydrogens (tertiary/aromatic N) is 1. The molecule has 0 saturated heterocycles. The molecular weight excluding hydrogens is 385 g/mol. The monoisotopic (exact) mass is 407 g/mol. The standard InChI is InChI=1S/C23H22FN3O3/c1-3-22(28)21-13-18(11-12-25-21)30-17-9-7-16(8-10-17)14-26-23(29)27-20-6-4-5-19(24)15(20)2/h4-13H,3,14H2,1-2H3,(H2,26,27,29). The fourth-order valence-corrected chi connectivity index (χ4v) is 2.71. The van der Waals surface area contributed by atoms with Crippen LogP contribution in [0, 0.1) is 12.7 Å². The minimum absolute atomic E-state index is 0.0476. The molecule has 0 aliphatic carbocycles. The molecule has 0 atom stereocenters. The van der Waals surface area contributed by atoms with E-state index in [4.69, 9.17) is 4.74 Å². The van der Waals surface area contributed by atoms with E-state index < -0.39 is 6.03 Å². The summed E-state index contributed by atoms with van der Waals surface area (Å²) in [5.74, 6) is 0.703. The highest BCUT2D eigenvalue weighted by molar-refractivity contribution is 5.94. The molecule has 0 saturated carbocycles. The molecule has 2 aromatic carbocycles. The van der Waals surface area contributed by atoms with Crippen LogP contribution in [-0.2, 0) is 6.54 Å². The Kier molecular flexibility index (Phi) is 6.75. The summed E-state index contributed by atoms with van der Waals surface area (Å²) in [6, 6.07) is 14.6. The van der Waals surface area contributed by atoms with Crippen molar-refractivity contribution in [2.45, 2.75) is 26.8 Å². The van der Waals surface area contributed by atoms with Crippen LogP contribution in [0.4, 0.5) is 14.9 Å². The van der Waals surface area contributed by atoms with E-state index in [9.17, 15) is 14.0 Å². The second kappa shape index (κ2) is 9.65. The number of benzene rings is 2. The van der Waals surface area contributed by atoms with Crippen molar-refractivity contribution in [3.05, 3.63) is 83.4 Å². The quantitative estimate of drug-likeness (QED) is 0.525. The predicted molar refractivity (Wildman–Crippen MR) is 112 cm³/mol. The smallest absolute Gasteiger partial charge is 0.319 e. The third-order valence-corrected chi connectivity index (χ3v) is 4.47. The summed E-state index contributed by atoms with van der Waals surface area (Å²) in [7, 11) is 0. The first-order chi connectivity index (χ1) is 14.5. The highest BCUT2D eigenvalue weighted by atomic mass is 19.1. The second-order valence-electron chi connectivity index (χ2n) is 6.62. The number of hydrogen-bond donors (Lipinski definition) is 2. The zero-order valence-electron chi connectivity index (χ0n) is 16.7. The van der Waals surface area contributed by atoms with Gasteiger partial charge in [-0.15, -0.1) is 0 Å². The zero-order chi connectivity index (χ0) is 21.5. The number of aromatic nitrogens is 1. The first-order valence-corrected chi connectivity index (χ1v) is 9.52. The maximum atomic E-state index is 13.6. The highest BCUT2D eigenvalue weighted by Gasteiger charge is 2.08. The zero-order valence-corrected chi connectivity index (χ0v) is 16.7. The van der Waals surface area contributed by atoms with E-state index in [0.29, 0.717) is 41.4 Å². The summed E-state index contributed by atoms with van der Waals surface area (Å²) < 4.78 is 19.3. The van der Waals surface area contributed by atoms with E-state index in [1.807, 2.05) is 12.1 Å². The summed E-state index contributed by atoms with van der Waals surface area (Å²) in [5, 5.41) is 5.37. The lowest BCUT2D eigenvalue weighted by molar-refractivity contribution is 0.0983. The largest absolute Gasteiger partial charge is 0.457 e. The molecule has 0 unspecified atom stereocenters. The van der Waals surface area contributed by atoms with Crippen LogP contribution >= 0.6 is 0 Å². The van der Waals surface area contributed by atoms with Crippen molar-refractivity contribution in [3.8, 4) is 11.5 Å². The average Bonchev–Trinajstić information content (AvgIpc) is 2.76. The molecule has 154 valence electrons. The van der Waals surface area contributed by atoms with Crippen molar-refractivity contribution in [3.63, 3.8) is 0 Å². The van der Waals surface area contributed by atoms with E-state index in [1.54, 1.807) is 50.2 Å². The fraction of sp³-hybridized carbons (Fsp3) is 0.174. The van der Waals surface area contributed by atoms with Crippen molar-refractivity contribution in [2.75, 3.05) is 5.32 Å². The van der Waals surface area contributed by atoms with Gasteiger partial charge in [-0.2, -0.15) is 0 Å². The van der Waals surface area contributed by atoms with E-state index >= 15 is 0 Å². The summed E-state index contributed by atoms with van der Waals surface area (Å²) in [6.45, 7) is 3.68. The molecule has 3 aromatic rings. The average molecular weight is 407 g/mol. The Morgan fingerprint density at radius 2 is 1.83 bits per heavy atom. The van der Waals surface area contributed by atoms with Crippen LogP contribution < -0.4 is 15.4 Å². The number of amides is 2. The molecular formula is C23H22FN3O3. The lowest BCUT2D eigenvalue weighted by Gasteiger charge is -2.11. The molecule has 1 aromatic heterocycles. The third kappa shape index (κ3) is 5.41. The second-order valence-corrected chi connectivity index (χ2v) is 6.62. The molecule has 0 fully saturated rings. The summed E-state index contributed by atoms with van der Waals surface area (Å²) in [6.07, 6.45) is 1.92. The Morgan fingerprint density at radius 3 is 2.57 bits per heavy atom. The van der Waals surface area contributed by atoms with E-state index in [-0.39, 0.29) is 11.6 Å². The molecule has 2 N–H and O–H groups in total. The van der Waals surface area contributed by atoms with Gasteiger partial charge in [0.25, 0.3) is 0 Å². The number of hydrogen-bond acceptors (Lipinski definition) is 4. The lowest BCUT2D eigenvalue weighted by Crippen LogP contribution is -2.28. The maximum absolute atomic E-state index is 13.6. The Morgan fingerprint density at radius 1 is 1.07 bits per heavy atom. The highest BCUT2D eigenvalue weighted by Crippen LogP contribution is 2.22. The molecule has 1 heterocycles. The van der Waals surface area contributed by atoms with Gasteiger partial charge < -0.3 is 15.4 Å².